The number of nitrogens with one attached hydrogen (secondary N) is 3. The van der Waals surface area contributed by atoms with E-state index in [1.165, 1.54) is 0 Å². The molecule has 1 heterocycles. The largest absolute Gasteiger partial charge is 0.393 e. The fourth-order valence-corrected chi connectivity index (χ4v) is 2.02. The van der Waals surface area contributed by atoms with E-state index in [1.807, 2.05) is 0 Å². The molecule has 0 bridgehead atoms. The fraction of sp³-hybridized carbons (Fsp3) is 0.833. The van der Waals surface area contributed by atoms with Gasteiger partial charge in [-0.3, -0.25) is 9.59 Å². The molecule has 0 aromatic carbocycles. The first-order valence-corrected chi connectivity index (χ1v) is 6.57. The van der Waals surface area contributed by atoms with Crippen molar-refractivity contribution < 1.29 is 22.8 Å². The Morgan fingerprint density at radius 1 is 1.30 bits per heavy atom. The molecule has 0 aromatic heterocycles. The lowest BCUT2D eigenvalue weighted by Crippen LogP contribution is -2.52. The standard InChI is InChI=1S/C12H20F3N3O2/c1-7(2)18-10(19)6-17-11(20)9-4-3-8(5-16-9)12(13,14)15/h7-9,16H,3-6H2,1-2H3,(H,17,20)(H,18,19). The summed E-state index contributed by atoms with van der Waals surface area (Å²) in [5.41, 5.74) is 0. The number of alkyl halides is 3. The predicted molar refractivity (Wildman–Crippen MR) is 66.9 cm³/mol. The van der Waals surface area contributed by atoms with E-state index in [-0.39, 0.29) is 37.9 Å². The van der Waals surface area contributed by atoms with Gasteiger partial charge < -0.3 is 16.0 Å². The molecule has 0 aromatic rings. The molecule has 0 spiro atoms. The van der Waals surface area contributed by atoms with Crippen LogP contribution in [-0.2, 0) is 9.59 Å². The maximum atomic E-state index is 12.5. The third-order valence-electron chi connectivity index (χ3n) is 3.07. The number of carbonyl (C=O) groups excluding carboxylic acids is 2. The quantitative estimate of drug-likeness (QED) is 0.710. The summed E-state index contributed by atoms with van der Waals surface area (Å²) < 4.78 is 37.4. The van der Waals surface area contributed by atoms with Crippen LogP contribution in [-0.4, -0.2) is 43.2 Å². The molecule has 1 aliphatic heterocycles. The van der Waals surface area contributed by atoms with Crippen molar-refractivity contribution in [2.24, 2.45) is 5.92 Å². The molecular weight excluding hydrogens is 275 g/mol. The number of hydrogen-bond acceptors (Lipinski definition) is 3. The summed E-state index contributed by atoms with van der Waals surface area (Å²) in [4.78, 5) is 23.0. The van der Waals surface area contributed by atoms with Crippen LogP contribution in [0.4, 0.5) is 13.2 Å². The summed E-state index contributed by atoms with van der Waals surface area (Å²) in [5.74, 6) is -2.17. The highest BCUT2D eigenvalue weighted by molar-refractivity contribution is 5.87. The highest BCUT2D eigenvalue weighted by Gasteiger charge is 2.42. The third-order valence-corrected chi connectivity index (χ3v) is 3.07. The van der Waals surface area contributed by atoms with E-state index >= 15 is 0 Å². The molecule has 0 saturated carbocycles. The van der Waals surface area contributed by atoms with Crippen molar-refractivity contribution >= 4 is 11.8 Å². The van der Waals surface area contributed by atoms with Gasteiger partial charge >= 0.3 is 6.18 Å². The lowest BCUT2D eigenvalue weighted by Gasteiger charge is -2.30. The van der Waals surface area contributed by atoms with Gasteiger partial charge in [0.05, 0.1) is 18.5 Å². The average molecular weight is 295 g/mol. The van der Waals surface area contributed by atoms with Crippen molar-refractivity contribution in [3.05, 3.63) is 0 Å². The van der Waals surface area contributed by atoms with E-state index < -0.39 is 24.0 Å². The second-order valence-electron chi connectivity index (χ2n) is 5.22. The third kappa shape index (κ3) is 5.36. The highest BCUT2D eigenvalue weighted by atomic mass is 19.4. The number of hydrogen-bond donors (Lipinski definition) is 3. The first-order chi connectivity index (χ1) is 9.20. The fourth-order valence-electron chi connectivity index (χ4n) is 2.02. The Kier molecular flexibility index (Phi) is 5.79. The van der Waals surface area contributed by atoms with Gasteiger partial charge in [0.1, 0.15) is 0 Å². The molecule has 0 aliphatic carbocycles. The summed E-state index contributed by atoms with van der Waals surface area (Å²) in [5, 5.41) is 7.60. The van der Waals surface area contributed by atoms with Crippen LogP contribution in [0, 0.1) is 5.92 Å². The van der Waals surface area contributed by atoms with Crippen LogP contribution in [0.1, 0.15) is 26.7 Å². The average Bonchev–Trinajstić information content (AvgIpc) is 2.34. The SMILES string of the molecule is CC(C)NC(=O)CNC(=O)C1CCC(C(F)(F)F)CN1. The molecular formula is C12H20F3N3O2. The van der Waals surface area contributed by atoms with Gasteiger partial charge in [0.2, 0.25) is 11.8 Å². The molecule has 116 valence electrons. The van der Waals surface area contributed by atoms with E-state index in [1.54, 1.807) is 13.8 Å². The molecule has 3 N–H and O–H groups in total. The number of halogens is 3. The number of piperidine rings is 1. The lowest BCUT2D eigenvalue weighted by molar-refractivity contribution is -0.180. The minimum absolute atomic E-state index is 0.0280. The predicted octanol–water partition coefficient (Wildman–Crippen LogP) is 0.558. The molecule has 0 radical (unpaired) electrons. The van der Waals surface area contributed by atoms with Crippen LogP contribution in [0.15, 0.2) is 0 Å². The Balaban J connectivity index is 2.31. The second kappa shape index (κ2) is 6.92. The van der Waals surface area contributed by atoms with Crippen molar-refractivity contribution in [2.45, 2.75) is 44.9 Å². The Bertz CT molecular complexity index is 350. The molecule has 2 atom stereocenters. The van der Waals surface area contributed by atoms with Crippen LogP contribution in [0.5, 0.6) is 0 Å². The first-order valence-electron chi connectivity index (χ1n) is 6.57. The zero-order chi connectivity index (χ0) is 15.3. The number of carbonyl (C=O) groups is 2. The maximum absolute atomic E-state index is 12.5. The molecule has 20 heavy (non-hydrogen) atoms. The van der Waals surface area contributed by atoms with Crippen LogP contribution in [0.25, 0.3) is 0 Å². The molecule has 1 fully saturated rings. The molecule has 1 aliphatic rings. The van der Waals surface area contributed by atoms with Crippen molar-refractivity contribution in [1.29, 1.82) is 0 Å². The van der Waals surface area contributed by atoms with Gasteiger partial charge in [-0.25, -0.2) is 0 Å². The van der Waals surface area contributed by atoms with E-state index in [9.17, 15) is 22.8 Å². The minimum Gasteiger partial charge on any atom is -0.352 e. The van der Waals surface area contributed by atoms with Gasteiger partial charge in [-0.15, -0.1) is 0 Å². The van der Waals surface area contributed by atoms with Gasteiger partial charge in [-0.05, 0) is 26.7 Å². The van der Waals surface area contributed by atoms with E-state index in [0.717, 1.165) is 0 Å². The molecule has 2 unspecified atom stereocenters. The summed E-state index contributed by atoms with van der Waals surface area (Å²) >= 11 is 0. The minimum atomic E-state index is -4.23. The number of rotatable bonds is 4. The van der Waals surface area contributed by atoms with Gasteiger partial charge in [0.15, 0.2) is 0 Å². The van der Waals surface area contributed by atoms with Crippen LogP contribution < -0.4 is 16.0 Å². The molecule has 1 saturated heterocycles. The van der Waals surface area contributed by atoms with Crippen LogP contribution >= 0.6 is 0 Å². The summed E-state index contributed by atoms with van der Waals surface area (Å²) in [6.45, 7) is 3.15. The summed E-state index contributed by atoms with van der Waals surface area (Å²) in [6.07, 6.45) is -4.19. The van der Waals surface area contributed by atoms with E-state index in [0.29, 0.717) is 0 Å². The zero-order valence-corrected chi connectivity index (χ0v) is 11.5. The maximum Gasteiger partial charge on any atom is 0.393 e. The smallest absolute Gasteiger partial charge is 0.352 e. The Morgan fingerprint density at radius 3 is 2.40 bits per heavy atom. The van der Waals surface area contributed by atoms with Crippen LogP contribution in [0.3, 0.4) is 0 Å². The monoisotopic (exact) mass is 295 g/mol. The highest BCUT2D eigenvalue weighted by Crippen LogP contribution is 2.31. The van der Waals surface area contributed by atoms with Crippen molar-refractivity contribution in [3.8, 4) is 0 Å². The first kappa shape index (κ1) is 16.7. The normalized spacial score (nSPS) is 23.5. The van der Waals surface area contributed by atoms with E-state index in [4.69, 9.17) is 0 Å². The van der Waals surface area contributed by atoms with Gasteiger partial charge in [0.25, 0.3) is 0 Å². The van der Waals surface area contributed by atoms with Crippen molar-refractivity contribution in [3.63, 3.8) is 0 Å². The topological polar surface area (TPSA) is 70.2 Å². The lowest BCUT2D eigenvalue weighted by atomic mass is 9.94. The Hall–Kier alpha value is -1.31. The van der Waals surface area contributed by atoms with Gasteiger partial charge in [0, 0.05) is 12.6 Å². The molecule has 1 rings (SSSR count). The van der Waals surface area contributed by atoms with Crippen LogP contribution in [0.2, 0.25) is 0 Å². The number of amides is 2. The zero-order valence-electron chi connectivity index (χ0n) is 11.5. The summed E-state index contributed by atoms with van der Waals surface area (Å²) in [6, 6.07) is -0.694. The van der Waals surface area contributed by atoms with Gasteiger partial charge in [-0.1, -0.05) is 0 Å². The second-order valence-corrected chi connectivity index (χ2v) is 5.22. The molecule has 2 amide bonds. The van der Waals surface area contributed by atoms with Crippen molar-refractivity contribution in [2.75, 3.05) is 13.1 Å². The molecule has 5 nitrogen and oxygen atoms in total. The Morgan fingerprint density at radius 2 is 1.95 bits per heavy atom. The summed E-state index contributed by atoms with van der Waals surface area (Å²) in [7, 11) is 0. The van der Waals surface area contributed by atoms with Crippen molar-refractivity contribution in [1.82, 2.24) is 16.0 Å². The Labute approximate surface area is 115 Å². The van der Waals surface area contributed by atoms with E-state index in [2.05, 4.69) is 16.0 Å². The van der Waals surface area contributed by atoms with Gasteiger partial charge in [-0.2, -0.15) is 13.2 Å². The molecule has 8 heteroatoms.